The highest BCUT2D eigenvalue weighted by molar-refractivity contribution is 5.93. The van der Waals surface area contributed by atoms with Crippen LogP contribution in [0.4, 0.5) is 8.78 Å². The summed E-state index contributed by atoms with van der Waals surface area (Å²) in [5.41, 5.74) is 8.84. The Bertz CT molecular complexity index is 713. The molecule has 0 saturated carbocycles. The molecular weight excluding hydrogens is 366 g/mol. The Labute approximate surface area is 164 Å². The topological polar surface area (TPSA) is 87.9 Å². The average Bonchev–Trinajstić information content (AvgIpc) is 2.71. The summed E-state index contributed by atoms with van der Waals surface area (Å²) < 4.78 is 29.4. The van der Waals surface area contributed by atoms with Crippen molar-refractivity contribution in [1.29, 1.82) is 0 Å². The molecule has 0 spiro atoms. The van der Waals surface area contributed by atoms with E-state index in [4.69, 9.17) is 10.5 Å². The van der Waals surface area contributed by atoms with Crippen molar-refractivity contribution >= 4 is 5.91 Å². The first kappa shape index (κ1) is 23.4. The molecule has 2 aromatic heterocycles. The van der Waals surface area contributed by atoms with Crippen molar-refractivity contribution in [3.05, 3.63) is 59.2 Å². The second kappa shape index (κ2) is 12.7. The highest BCUT2D eigenvalue weighted by Crippen LogP contribution is 2.18. The maximum absolute atomic E-state index is 12.2. The van der Waals surface area contributed by atoms with Crippen LogP contribution < -0.4 is 10.1 Å². The van der Waals surface area contributed by atoms with Crippen molar-refractivity contribution in [2.75, 3.05) is 6.61 Å². The van der Waals surface area contributed by atoms with E-state index in [9.17, 15) is 13.6 Å². The van der Waals surface area contributed by atoms with E-state index in [2.05, 4.69) is 15.3 Å². The molecule has 0 aliphatic heterocycles. The van der Waals surface area contributed by atoms with E-state index < -0.39 is 13.0 Å². The van der Waals surface area contributed by atoms with E-state index in [1.54, 1.807) is 30.6 Å². The van der Waals surface area contributed by atoms with Crippen molar-refractivity contribution in [3.63, 3.8) is 0 Å². The minimum Gasteiger partial charge on any atom is -0.675 e. The van der Waals surface area contributed by atoms with Gasteiger partial charge >= 0.3 is 0 Å². The Kier molecular flexibility index (Phi) is 10.6. The number of carbonyl (C=O) groups is 1. The van der Waals surface area contributed by atoms with E-state index in [0.29, 0.717) is 12.0 Å². The third kappa shape index (κ3) is 8.85. The Balaban J connectivity index is 0.000000696. The number of hydrogen-bond acceptors (Lipinski definition) is 4. The molecule has 0 aromatic carbocycles. The van der Waals surface area contributed by atoms with Gasteiger partial charge in [-0.3, -0.25) is 9.78 Å². The molecule has 2 N–H and O–H groups in total. The molecule has 0 saturated heterocycles. The summed E-state index contributed by atoms with van der Waals surface area (Å²) in [6, 6.07) is 5.16. The molecule has 0 aliphatic rings. The van der Waals surface area contributed by atoms with E-state index in [1.165, 1.54) is 6.20 Å². The quantitative estimate of drug-likeness (QED) is 0.718. The van der Waals surface area contributed by atoms with Gasteiger partial charge in [0.2, 0.25) is 5.88 Å². The number of carbonyl (C=O) groups excluding carboxylic acids is 1. The molecule has 0 bridgehead atoms. The Hall–Kier alpha value is -2.61. The summed E-state index contributed by atoms with van der Waals surface area (Å²) in [5, 5.41) is 2.77. The largest absolute Gasteiger partial charge is 0.675 e. The van der Waals surface area contributed by atoms with E-state index in [0.717, 1.165) is 17.5 Å². The van der Waals surface area contributed by atoms with Gasteiger partial charge in [-0.1, -0.05) is 27.2 Å². The summed E-state index contributed by atoms with van der Waals surface area (Å²) in [5.74, 6) is -0.0134. The van der Waals surface area contributed by atoms with Crippen LogP contribution in [0.3, 0.4) is 0 Å². The normalized spacial score (nSPS) is 11.4. The summed E-state index contributed by atoms with van der Waals surface area (Å²) in [6.45, 7) is 5.39. The van der Waals surface area contributed by atoms with Gasteiger partial charge in [0.25, 0.3) is 12.3 Å². The van der Waals surface area contributed by atoms with Crippen LogP contribution in [-0.4, -0.2) is 34.9 Å². The van der Waals surface area contributed by atoms with E-state index in [-0.39, 0.29) is 24.4 Å². The number of hydrogen-bond donors (Lipinski definition) is 1. The van der Waals surface area contributed by atoms with Gasteiger partial charge in [0.1, 0.15) is 0 Å². The molecule has 0 fully saturated rings. The molecule has 2 heterocycles. The highest BCUT2D eigenvalue weighted by atomic mass is 19.3. The molecule has 28 heavy (non-hydrogen) atoms. The maximum Gasteiger partial charge on any atom is 0.272 e. The number of amides is 1. The van der Waals surface area contributed by atoms with Gasteiger partial charge in [0, 0.05) is 36.3 Å². The lowest BCUT2D eigenvalue weighted by Gasteiger charge is -2.11. The van der Waals surface area contributed by atoms with Gasteiger partial charge in [-0.05, 0) is 30.2 Å². The lowest BCUT2D eigenvalue weighted by molar-refractivity contribution is 0.0790. The second-order valence-corrected chi connectivity index (χ2v) is 6.09. The molecule has 8 heteroatoms. The molecule has 1 unspecified atom stereocenters. The fraction of sp³-hybridized carbons (Fsp3) is 0.450. The minimum atomic E-state index is -2.54. The van der Waals surface area contributed by atoms with Crippen LogP contribution in [0.5, 0.6) is 5.88 Å². The Morgan fingerprint density at radius 2 is 1.93 bits per heavy atom. The Morgan fingerprint density at radius 1 is 1.29 bits per heavy atom. The minimum absolute atomic E-state index is 0.134. The molecule has 2 aromatic rings. The molecule has 154 valence electrons. The molecule has 6 nitrogen and oxygen atoms in total. The van der Waals surface area contributed by atoms with Crippen molar-refractivity contribution < 1.29 is 18.3 Å². The average molecular weight is 393 g/mol. The summed E-state index contributed by atoms with van der Waals surface area (Å²) in [6.07, 6.45) is 3.62. The van der Waals surface area contributed by atoms with Gasteiger partial charge in [0.15, 0.2) is 6.61 Å². The van der Waals surface area contributed by atoms with Gasteiger partial charge in [-0.25, -0.2) is 13.8 Å². The third-order valence-corrected chi connectivity index (χ3v) is 3.72. The number of aromatic nitrogens is 2. The standard InChI is InChI=1S/C16H17F2N3O2.C4H10N/c1-2-12-7-11(9-21-16(12)23-10-14(17)18)8-20-15(22)13-3-5-19-6-4-13;1-3-4(2)5/h3-7,9,14H,2,8,10H2,1H3,(H,20,22);4-5H,3H2,1-2H3/q;-1. The zero-order valence-corrected chi connectivity index (χ0v) is 16.4. The van der Waals surface area contributed by atoms with Crippen LogP contribution in [0, 0.1) is 0 Å². The fourth-order valence-electron chi connectivity index (χ4n) is 1.96. The maximum atomic E-state index is 12.2. The SMILES string of the molecule is CCC(C)[NH-].CCc1cc(CNC(=O)c2ccncc2)cnc1OCC(F)F. The van der Waals surface area contributed by atoms with Crippen molar-refractivity contribution in [3.8, 4) is 5.88 Å². The lowest BCUT2D eigenvalue weighted by Crippen LogP contribution is -2.23. The number of alkyl halides is 2. The number of nitrogens with zero attached hydrogens (tertiary/aromatic N) is 2. The molecule has 1 atom stereocenters. The van der Waals surface area contributed by atoms with Crippen LogP contribution in [-0.2, 0) is 13.0 Å². The molecule has 0 aliphatic carbocycles. The predicted molar refractivity (Wildman–Crippen MR) is 105 cm³/mol. The second-order valence-electron chi connectivity index (χ2n) is 6.09. The van der Waals surface area contributed by atoms with E-state index in [1.807, 2.05) is 20.8 Å². The van der Waals surface area contributed by atoms with Gasteiger partial charge in [-0.15, -0.1) is 6.04 Å². The van der Waals surface area contributed by atoms with Crippen molar-refractivity contribution in [1.82, 2.24) is 15.3 Å². The van der Waals surface area contributed by atoms with Crippen molar-refractivity contribution in [2.45, 2.75) is 52.6 Å². The van der Waals surface area contributed by atoms with Crippen LogP contribution >= 0.6 is 0 Å². The lowest BCUT2D eigenvalue weighted by atomic mass is 10.1. The third-order valence-electron chi connectivity index (χ3n) is 3.72. The van der Waals surface area contributed by atoms with Gasteiger partial charge in [0.05, 0.1) is 0 Å². The van der Waals surface area contributed by atoms with Crippen LogP contribution in [0.15, 0.2) is 36.8 Å². The van der Waals surface area contributed by atoms with E-state index >= 15 is 0 Å². The fourth-order valence-corrected chi connectivity index (χ4v) is 1.96. The number of aryl methyl sites for hydroxylation is 1. The highest BCUT2D eigenvalue weighted by Gasteiger charge is 2.10. The van der Waals surface area contributed by atoms with Gasteiger partial charge in [-0.2, -0.15) is 0 Å². The molecule has 1 amide bonds. The first-order valence-corrected chi connectivity index (χ1v) is 9.15. The number of halogens is 2. The van der Waals surface area contributed by atoms with Crippen LogP contribution in [0.2, 0.25) is 0 Å². The zero-order chi connectivity index (χ0) is 20.9. The van der Waals surface area contributed by atoms with Crippen LogP contribution in [0.25, 0.3) is 5.73 Å². The molecule has 0 radical (unpaired) electrons. The first-order valence-electron chi connectivity index (χ1n) is 9.15. The molecule has 2 rings (SSSR count). The Morgan fingerprint density at radius 3 is 2.46 bits per heavy atom. The number of rotatable bonds is 8. The number of ether oxygens (including phenoxy) is 1. The number of nitrogens with one attached hydrogen (secondary N) is 2. The summed E-state index contributed by atoms with van der Waals surface area (Å²) in [7, 11) is 0. The predicted octanol–water partition coefficient (Wildman–Crippen LogP) is 4.45. The summed E-state index contributed by atoms with van der Waals surface area (Å²) in [4.78, 5) is 19.9. The summed E-state index contributed by atoms with van der Waals surface area (Å²) >= 11 is 0. The monoisotopic (exact) mass is 393 g/mol. The zero-order valence-electron chi connectivity index (χ0n) is 16.4. The molecular formula is C20H27F2N4O2-. The smallest absolute Gasteiger partial charge is 0.272 e. The van der Waals surface area contributed by atoms with Crippen molar-refractivity contribution in [2.24, 2.45) is 0 Å². The first-order chi connectivity index (χ1) is 13.4. The number of pyridine rings is 2. The van der Waals surface area contributed by atoms with Gasteiger partial charge < -0.3 is 15.8 Å². The van der Waals surface area contributed by atoms with Crippen LogP contribution in [0.1, 0.15) is 48.7 Å².